The average molecular weight is 583 g/mol. The summed E-state index contributed by atoms with van der Waals surface area (Å²) in [4.78, 5) is 23.6. The zero-order chi connectivity index (χ0) is 24.5. The molecule has 1 amide bonds. The zero-order valence-electron chi connectivity index (χ0n) is 20.0. The average Bonchev–Trinajstić information content (AvgIpc) is 3.12. The van der Waals surface area contributed by atoms with Gasteiger partial charge in [0.1, 0.15) is 22.8 Å². The van der Waals surface area contributed by atoms with Gasteiger partial charge in [0.25, 0.3) is 5.91 Å². The molecule has 3 fully saturated rings. The van der Waals surface area contributed by atoms with Gasteiger partial charge in [-0.25, -0.2) is 9.37 Å². The van der Waals surface area contributed by atoms with Crippen molar-refractivity contribution in [3.63, 3.8) is 0 Å². The molecule has 0 atom stereocenters. The van der Waals surface area contributed by atoms with E-state index in [1.807, 2.05) is 47.9 Å². The molecule has 2 aromatic heterocycles. The fourth-order valence-corrected chi connectivity index (χ4v) is 6.35. The summed E-state index contributed by atoms with van der Waals surface area (Å²) in [6, 6.07) is 8.54. The van der Waals surface area contributed by atoms with Gasteiger partial charge in [0, 0.05) is 38.9 Å². The van der Waals surface area contributed by atoms with Crippen LogP contribution in [0.1, 0.15) is 61.6 Å². The van der Waals surface area contributed by atoms with Crippen molar-refractivity contribution in [3.8, 4) is 0 Å². The number of hydrogen-bond acceptors (Lipinski definition) is 3. The van der Waals surface area contributed by atoms with Crippen LogP contribution in [-0.2, 0) is 10.2 Å². The van der Waals surface area contributed by atoms with Crippen LogP contribution in [0.15, 0.2) is 54.6 Å². The number of H-pyrrole nitrogens is 1. The van der Waals surface area contributed by atoms with E-state index in [-0.39, 0.29) is 22.7 Å². The van der Waals surface area contributed by atoms with Crippen molar-refractivity contribution in [2.75, 3.05) is 6.54 Å². The van der Waals surface area contributed by atoms with E-state index in [4.69, 9.17) is 4.74 Å². The summed E-state index contributed by atoms with van der Waals surface area (Å²) in [6.07, 6.45) is 8.98. The molecule has 0 spiro atoms. The van der Waals surface area contributed by atoms with Crippen LogP contribution in [0.25, 0.3) is 16.6 Å². The smallest absolute Gasteiger partial charge is 0.257 e. The number of rotatable bonds is 4. The Morgan fingerprint density at radius 1 is 1.29 bits per heavy atom. The lowest BCUT2D eigenvalue weighted by atomic mass is 9.52. The van der Waals surface area contributed by atoms with Crippen molar-refractivity contribution in [1.29, 1.82) is 0 Å². The third kappa shape index (κ3) is 3.61. The van der Waals surface area contributed by atoms with Crippen molar-refractivity contribution in [2.24, 2.45) is 5.92 Å². The van der Waals surface area contributed by atoms with E-state index in [1.54, 1.807) is 23.2 Å². The number of allylic oxidation sites excluding steroid dienone is 2. The number of ether oxygens (including phenoxy) is 1. The molecule has 0 radical (unpaired) electrons. The van der Waals surface area contributed by atoms with Crippen LogP contribution in [0.5, 0.6) is 0 Å². The second-order valence-electron chi connectivity index (χ2n) is 10.7. The van der Waals surface area contributed by atoms with Crippen LogP contribution in [0.2, 0.25) is 0 Å². The molecular formula is C28H27FIN3O2. The summed E-state index contributed by atoms with van der Waals surface area (Å²) in [5.74, 6) is 1.08. The van der Waals surface area contributed by atoms with Gasteiger partial charge in [0.15, 0.2) is 0 Å². The first-order chi connectivity index (χ1) is 16.7. The molecule has 7 rings (SSSR count). The summed E-state index contributed by atoms with van der Waals surface area (Å²) in [7, 11) is 0. The Hall–Kier alpha value is -2.68. The monoisotopic (exact) mass is 583 g/mol. The third-order valence-electron chi connectivity index (χ3n) is 7.63. The number of nitrogens with zero attached hydrogens (tertiary/aromatic N) is 2. The van der Waals surface area contributed by atoms with Gasteiger partial charge in [-0.15, -0.1) is 0 Å². The van der Waals surface area contributed by atoms with Gasteiger partial charge >= 0.3 is 0 Å². The molecule has 1 N–H and O–H groups in total. The van der Waals surface area contributed by atoms with Crippen molar-refractivity contribution < 1.29 is 13.9 Å². The van der Waals surface area contributed by atoms with Crippen LogP contribution < -0.4 is 0 Å². The highest BCUT2D eigenvalue weighted by Crippen LogP contribution is 2.61. The fourth-order valence-electron chi connectivity index (χ4n) is 5.84. The van der Waals surface area contributed by atoms with E-state index < -0.39 is 0 Å². The Balaban J connectivity index is 1.50. The largest absolute Gasteiger partial charge is 0.487 e. The van der Waals surface area contributed by atoms with Gasteiger partial charge in [-0.3, -0.25) is 4.79 Å². The molecule has 2 bridgehead atoms. The van der Waals surface area contributed by atoms with Crippen LogP contribution in [-0.4, -0.2) is 32.9 Å². The first kappa shape index (κ1) is 22.8. The maximum absolute atomic E-state index is 13.9. The number of pyridine rings is 1. The fraction of sp³-hybridized carbons (Fsp3) is 0.357. The van der Waals surface area contributed by atoms with Gasteiger partial charge in [-0.1, -0.05) is 13.8 Å². The second-order valence-corrected chi connectivity index (χ2v) is 11.8. The summed E-state index contributed by atoms with van der Waals surface area (Å²) in [5.41, 5.74) is 3.74. The highest BCUT2D eigenvalue weighted by molar-refractivity contribution is 14.1. The topological polar surface area (TPSA) is 58.2 Å². The van der Waals surface area contributed by atoms with E-state index in [2.05, 4.69) is 29.9 Å². The molecule has 3 heterocycles. The van der Waals surface area contributed by atoms with Gasteiger partial charge < -0.3 is 14.6 Å². The second kappa shape index (κ2) is 7.91. The van der Waals surface area contributed by atoms with Gasteiger partial charge in [0.05, 0.1) is 11.3 Å². The van der Waals surface area contributed by atoms with E-state index in [9.17, 15) is 9.18 Å². The summed E-state index contributed by atoms with van der Waals surface area (Å²) in [6.45, 7) is 6.74. The van der Waals surface area contributed by atoms with Crippen LogP contribution >= 0.6 is 22.6 Å². The predicted molar refractivity (Wildman–Crippen MR) is 142 cm³/mol. The lowest BCUT2D eigenvalue weighted by molar-refractivity contribution is -0.200. The number of carbonyl (C=O) groups excluding carboxylic acids is 1. The van der Waals surface area contributed by atoms with E-state index >= 15 is 0 Å². The minimum absolute atomic E-state index is 0.0679. The number of amides is 1. The van der Waals surface area contributed by atoms with Gasteiger partial charge in [-0.2, -0.15) is 0 Å². The van der Waals surface area contributed by atoms with E-state index in [0.717, 1.165) is 58.8 Å². The van der Waals surface area contributed by atoms with Crippen molar-refractivity contribution in [3.05, 3.63) is 80.8 Å². The molecule has 1 aliphatic heterocycles. The Bertz CT molecular complexity index is 1420. The molecule has 5 nitrogen and oxygen atoms in total. The maximum Gasteiger partial charge on any atom is 0.257 e. The molecule has 3 saturated carbocycles. The Morgan fingerprint density at radius 3 is 2.71 bits per heavy atom. The molecule has 180 valence electrons. The lowest BCUT2D eigenvalue weighted by Crippen LogP contribution is -2.59. The lowest BCUT2D eigenvalue weighted by Gasteiger charge is -2.60. The summed E-state index contributed by atoms with van der Waals surface area (Å²) < 4.78 is 21.0. The number of nitrogens with one attached hydrogen (secondary N) is 1. The Morgan fingerprint density at radius 2 is 2.06 bits per heavy atom. The molecule has 35 heavy (non-hydrogen) atoms. The molecule has 4 aliphatic rings. The number of carbonyl (C=O) groups is 1. The highest BCUT2D eigenvalue weighted by Gasteiger charge is 2.59. The number of fused-ring (bicyclic) bond motifs is 3. The molecule has 3 aromatic rings. The number of benzene rings is 1. The predicted octanol–water partition coefficient (Wildman–Crippen LogP) is 6.55. The van der Waals surface area contributed by atoms with Crippen LogP contribution in [0, 0.1) is 15.3 Å². The number of aromatic amines is 1. The van der Waals surface area contributed by atoms with Crippen LogP contribution in [0.3, 0.4) is 0 Å². The standard InChI is InChI=1S/C28H27FIN3O2/c1-4-22(35-28-11-16(12-28)13-28)19-14-33(26(34)17-7-8-20(29)21(30)10-17)15-27(2,3)23-18-6-5-9-31-25(18)32-24(19)23/h4-10,14,16H,11-13,15H2,1-3H3,(H,31,32). The summed E-state index contributed by atoms with van der Waals surface area (Å²) >= 11 is 1.93. The van der Waals surface area contributed by atoms with E-state index in [1.165, 1.54) is 6.07 Å². The minimum Gasteiger partial charge on any atom is -0.487 e. The molecule has 7 heteroatoms. The van der Waals surface area contributed by atoms with Crippen molar-refractivity contribution >= 4 is 45.1 Å². The maximum atomic E-state index is 13.9. The molecule has 0 saturated heterocycles. The van der Waals surface area contributed by atoms with Crippen LogP contribution in [0.4, 0.5) is 4.39 Å². The Kier molecular flexibility index (Phi) is 5.15. The van der Waals surface area contributed by atoms with Gasteiger partial charge in [-0.05, 0) is 96.7 Å². The molecular weight excluding hydrogens is 556 g/mol. The Labute approximate surface area is 217 Å². The van der Waals surface area contributed by atoms with Crippen molar-refractivity contribution in [1.82, 2.24) is 14.9 Å². The third-order valence-corrected chi connectivity index (χ3v) is 8.46. The highest BCUT2D eigenvalue weighted by atomic mass is 127. The van der Waals surface area contributed by atoms with Crippen molar-refractivity contribution in [2.45, 2.75) is 51.0 Å². The number of aromatic nitrogens is 2. The summed E-state index contributed by atoms with van der Waals surface area (Å²) in [5, 5.41) is 1.05. The quantitative estimate of drug-likeness (QED) is 0.280. The minimum atomic E-state index is -0.382. The first-order valence-corrected chi connectivity index (χ1v) is 13.1. The number of halogens is 2. The number of hydrogen-bond donors (Lipinski definition) is 1. The molecule has 3 aliphatic carbocycles. The molecule has 1 aromatic carbocycles. The SMILES string of the molecule is CC=C(OC12CC(C1)C2)C1=CN(C(=O)c2ccc(F)c(I)c2)CC(C)(C)c2c1[nH]c1ncccc21. The van der Waals surface area contributed by atoms with E-state index in [0.29, 0.717) is 15.7 Å². The van der Waals surface area contributed by atoms with Gasteiger partial charge in [0.2, 0.25) is 0 Å². The molecule has 0 unspecified atom stereocenters. The first-order valence-electron chi connectivity index (χ1n) is 12.0. The zero-order valence-corrected chi connectivity index (χ0v) is 22.1. The normalized spacial score (nSPS) is 24.7.